The molecule has 132 valence electrons. The summed E-state index contributed by atoms with van der Waals surface area (Å²) < 4.78 is 11.2. The lowest BCUT2D eigenvalue weighted by Gasteiger charge is -2.39. The second-order valence-corrected chi connectivity index (χ2v) is 7.04. The molecule has 6 nitrogen and oxygen atoms in total. The summed E-state index contributed by atoms with van der Waals surface area (Å²) in [5.41, 5.74) is 0. The molecule has 6 heteroatoms. The van der Waals surface area contributed by atoms with Gasteiger partial charge in [-0.15, -0.1) is 0 Å². The molecule has 1 amide bonds. The average molecular weight is 326 g/mol. The SMILES string of the molecule is C[C@H](OC[C@@H]1CCCO1)C(=O)N1CCN([C@@H]2CCC[C@@H]2O)CC1. The number of aliphatic hydroxyl groups is 1. The monoisotopic (exact) mass is 326 g/mol. The van der Waals surface area contributed by atoms with Crippen molar-refractivity contribution < 1.29 is 19.4 Å². The minimum atomic E-state index is -0.400. The first kappa shape index (κ1) is 17.1. The molecule has 0 aromatic rings. The van der Waals surface area contributed by atoms with E-state index in [0.717, 1.165) is 64.9 Å². The molecule has 0 unspecified atom stereocenters. The van der Waals surface area contributed by atoms with Crippen LogP contribution in [0.25, 0.3) is 0 Å². The van der Waals surface area contributed by atoms with Gasteiger partial charge < -0.3 is 19.5 Å². The van der Waals surface area contributed by atoms with Crippen LogP contribution in [-0.2, 0) is 14.3 Å². The number of hydrogen-bond acceptors (Lipinski definition) is 5. The third-order valence-electron chi connectivity index (χ3n) is 5.44. The van der Waals surface area contributed by atoms with Crippen molar-refractivity contribution in [3.63, 3.8) is 0 Å². The summed E-state index contributed by atoms with van der Waals surface area (Å²) in [4.78, 5) is 16.7. The van der Waals surface area contributed by atoms with E-state index in [9.17, 15) is 9.90 Å². The number of ether oxygens (including phenoxy) is 2. The lowest BCUT2D eigenvalue weighted by Crippen LogP contribution is -2.55. The van der Waals surface area contributed by atoms with Crippen LogP contribution in [0.1, 0.15) is 39.0 Å². The molecule has 0 aromatic heterocycles. The second-order valence-electron chi connectivity index (χ2n) is 7.04. The fourth-order valence-electron chi connectivity index (χ4n) is 3.98. The smallest absolute Gasteiger partial charge is 0.251 e. The minimum Gasteiger partial charge on any atom is -0.391 e. The molecule has 2 heterocycles. The summed E-state index contributed by atoms with van der Waals surface area (Å²) in [5.74, 6) is 0.0783. The summed E-state index contributed by atoms with van der Waals surface area (Å²) in [7, 11) is 0. The van der Waals surface area contributed by atoms with Gasteiger partial charge in [-0.3, -0.25) is 9.69 Å². The third kappa shape index (κ3) is 4.24. The van der Waals surface area contributed by atoms with E-state index in [1.807, 2.05) is 11.8 Å². The van der Waals surface area contributed by atoms with Crippen LogP contribution < -0.4 is 0 Å². The highest BCUT2D eigenvalue weighted by Crippen LogP contribution is 2.25. The molecule has 2 aliphatic heterocycles. The van der Waals surface area contributed by atoms with Crippen molar-refractivity contribution in [1.29, 1.82) is 0 Å². The van der Waals surface area contributed by atoms with E-state index in [1.54, 1.807) is 0 Å². The van der Waals surface area contributed by atoms with Gasteiger partial charge in [0, 0.05) is 38.8 Å². The molecule has 23 heavy (non-hydrogen) atoms. The van der Waals surface area contributed by atoms with Crippen molar-refractivity contribution in [2.75, 3.05) is 39.4 Å². The summed E-state index contributed by atoms with van der Waals surface area (Å²) >= 11 is 0. The van der Waals surface area contributed by atoms with E-state index >= 15 is 0 Å². The van der Waals surface area contributed by atoms with Crippen LogP contribution in [0.5, 0.6) is 0 Å². The molecular formula is C17H30N2O4. The van der Waals surface area contributed by atoms with Crippen molar-refractivity contribution in [1.82, 2.24) is 9.80 Å². The van der Waals surface area contributed by atoms with Gasteiger partial charge in [0.15, 0.2) is 0 Å². The zero-order chi connectivity index (χ0) is 16.2. The van der Waals surface area contributed by atoms with Gasteiger partial charge in [0.1, 0.15) is 6.10 Å². The van der Waals surface area contributed by atoms with Gasteiger partial charge in [-0.1, -0.05) is 0 Å². The molecule has 3 aliphatic rings. The Balaban J connectivity index is 1.40. The number of piperazine rings is 1. The molecular weight excluding hydrogens is 296 g/mol. The standard InChI is InChI=1S/C17H30N2O4/c1-13(23-12-14-4-3-11-22-14)17(21)19-9-7-18(8-10-19)15-5-2-6-16(15)20/h13-16,20H,2-12H2,1H3/t13-,14-,15+,16-/m0/s1. The topological polar surface area (TPSA) is 62.2 Å². The molecule has 3 rings (SSSR count). The highest BCUT2D eigenvalue weighted by atomic mass is 16.5. The largest absolute Gasteiger partial charge is 0.391 e. The van der Waals surface area contributed by atoms with Gasteiger partial charge in [-0.05, 0) is 39.0 Å². The molecule has 4 atom stereocenters. The van der Waals surface area contributed by atoms with Crippen LogP contribution >= 0.6 is 0 Å². The van der Waals surface area contributed by atoms with Crippen molar-refractivity contribution in [2.24, 2.45) is 0 Å². The van der Waals surface area contributed by atoms with E-state index in [1.165, 1.54) is 0 Å². The van der Waals surface area contributed by atoms with Crippen LogP contribution in [0.3, 0.4) is 0 Å². The van der Waals surface area contributed by atoms with Crippen molar-refractivity contribution in [3.8, 4) is 0 Å². The first-order chi connectivity index (χ1) is 11.1. The molecule has 1 N–H and O–H groups in total. The van der Waals surface area contributed by atoms with Crippen molar-refractivity contribution >= 4 is 5.91 Å². The number of amides is 1. The number of hydrogen-bond donors (Lipinski definition) is 1. The fourth-order valence-corrected chi connectivity index (χ4v) is 3.98. The van der Waals surface area contributed by atoms with E-state index in [-0.39, 0.29) is 18.1 Å². The first-order valence-electron chi connectivity index (χ1n) is 9.09. The van der Waals surface area contributed by atoms with Crippen LogP contribution in [0.4, 0.5) is 0 Å². The number of nitrogens with zero attached hydrogens (tertiary/aromatic N) is 2. The van der Waals surface area contributed by atoms with Crippen molar-refractivity contribution in [3.05, 3.63) is 0 Å². The average Bonchev–Trinajstić information content (AvgIpc) is 3.23. The molecule has 0 aromatic carbocycles. The van der Waals surface area contributed by atoms with E-state index in [4.69, 9.17) is 9.47 Å². The predicted molar refractivity (Wildman–Crippen MR) is 86.2 cm³/mol. The number of carbonyl (C=O) groups is 1. The third-order valence-corrected chi connectivity index (χ3v) is 5.44. The summed E-state index contributed by atoms with van der Waals surface area (Å²) in [6.45, 7) is 6.33. The van der Waals surface area contributed by atoms with E-state index in [2.05, 4.69) is 4.90 Å². The lowest BCUT2D eigenvalue weighted by molar-refractivity contribution is -0.146. The number of aliphatic hydroxyl groups excluding tert-OH is 1. The van der Waals surface area contributed by atoms with E-state index < -0.39 is 6.10 Å². The van der Waals surface area contributed by atoms with Crippen LogP contribution in [-0.4, -0.2) is 84.6 Å². The first-order valence-corrected chi connectivity index (χ1v) is 9.09. The van der Waals surface area contributed by atoms with Gasteiger partial charge in [-0.2, -0.15) is 0 Å². The highest BCUT2D eigenvalue weighted by molar-refractivity contribution is 5.80. The van der Waals surface area contributed by atoms with Gasteiger partial charge in [0.2, 0.25) is 0 Å². The molecule has 1 saturated carbocycles. The summed E-state index contributed by atoms with van der Waals surface area (Å²) in [6, 6.07) is 0.292. The maximum absolute atomic E-state index is 12.5. The van der Waals surface area contributed by atoms with E-state index in [0.29, 0.717) is 12.6 Å². The Morgan fingerprint density at radius 2 is 2.00 bits per heavy atom. The molecule has 2 saturated heterocycles. The maximum atomic E-state index is 12.5. The maximum Gasteiger partial charge on any atom is 0.251 e. The Morgan fingerprint density at radius 3 is 2.61 bits per heavy atom. The molecule has 0 spiro atoms. The molecule has 3 fully saturated rings. The highest BCUT2D eigenvalue weighted by Gasteiger charge is 2.34. The van der Waals surface area contributed by atoms with Crippen LogP contribution in [0.15, 0.2) is 0 Å². The normalized spacial score (nSPS) is 34.0. The van der Waals surface area contributed by atoms with Crippen LogP contribution in [0.2, 0.25) is 0 Å². The Kier molecular flexibility index (Phi) is 5.91. The summed E-state index contributed by atoms with van der Waals surface area (Å²) in [5, 5.41) is 10.0. The Labute approximate surface area is 138 Å². The van der Waals surface area contributed by atoms with Gasteiger partial charge in [0.25, 0.3) is 5.91 Å². The molecule has 0 radical (unpaired) electrons. The quantitative estimate of drug-likeness (QED) is 0.803. The van der Waals surface area contributed by atoms with Gasteiger partial charge in [-0.25, -0.2) is 0 Å². The number of rotatable bonds is 5. The van der Waals surface area contributed by atoms with Crippen molar-refractivity contribution in [2.45, 2.75) is 63.4 Å². The zero-order valence-electron chi connectivity index (χ0n) is 14.2. The zero-order valence-corrected chi connectivity index (χ0v) is 14.2. The van der Waals surface area contributed by atoms with Gasteiger partial charge in [0.05, 0.1) is 18.8 Å². The molecule has 0 bridgehead atoms. The second kappa shape index (κ2) is 7.92. The lowest BCUT2D eigenvalue weighted by atomic mass is 10.1. The molecule has 1 aliphatic carbocycles. The van der Waals surface area contributed by atoms with Crippen LogP contribution in [0, 0.1) is 0 Å². The number of carbonyl (C=O) groups excluding carboxylic acids is 1. The summed E-state index contributed by atoms with van der Waals surface area (Å²) in [6.07, 6.45) is 4.79. The Morgan fingerprint density at radius 1 is 1.22 bits per heavy atom. The fraction of sp³-hybridized carbons (Fsp3) is 0.941. The minimum absolute atomic E-state index is 0.0783. The predicted octanol–water partition coefficient (Wildman–Crippen LogP) is 0.628. The Bertz CT molecular complexity index is 392. The van der Waals surface area contributed by atoms with Gasteiger partial charge >= 0.3 is 0 Å². The Hall–Kier alpha value is -0.690.